The second-order valence-corrected chi connectivity index (χ2v) is 6.30. The molecule has 1 aromatic carbocycles. The van der Waals surface area contributed by atoms with Crippen molar-refractivity contribution in [3.8, 4) is 5.75 Å². The third-order valence-electron chi connectivity index (χ3n) is 4.71. The number of β-amino-alcohol motifs (C(OH)–C–C–N with tert-alkyl or cyclic N) is 1. The van der Waals surface area contributed by atoms with Gasteiger partial charge in [0.15, 0.2) is 0 Å². The SMILES string of the molecule is COc1ccc2nccc(C(O)CN3CCC[C@@H](CN)C3)c2c1. The molecule has 1 aliphatic rings. The molecule has 3 rings (SSSR count). The predicted octanol–water partition coefficient (Wildman–Crippen LogP) is 1.95. The summed E-state index contributed by atoms with van der Waals surface area (Å²) in [4.78, 5) is 6.69. The summed E-state index contributed by atoms with van der Waals surface area (Å²) in [5.74, 6) is 1.32. The molecule has 1 fully saturated rings. The number of aliphatic hydroxyl groups excluding tert-OH is 1. The quantitative estimate of drug-likeness (QED) is 0.882. The van der Waals surface area contributed by atoms with Gasteiger partial charge in [-0.1, -0.05) is 0 Å². The number of hydrogen-bond acceptors (Lipinski definition) is 5. The predicted molar refractivity (Wildman–Crippen MR) is 91.5 cm³/mol. The van der Waals surface area contributed by atoms with Crippen molar-refractivity contribution < 1.29 is 9.84 Å². The van der Waals surface area contributed by atoms with Gasteiger partial charge in [-0.15, -0.1) is 0 Å². The monoisotopic (exact) mass is 315 g/mol. The minimum Gasteiger partial charge on any atom is -0.497 e. The van der Waals surface area contributed by atoms with Crippen molar-refractivity contribution in [3.63, 3.8) is 0 Å². The molecule has 3 N–H and O–H groups in total. The largest absolute Gasteiger partial charge is 0.497 e. The second kappa shape index (κ2) is 7.25. The van der Waals surface area contributed by atoms with Crippen LogP contribution in [0.25, 0.3) is 10.9 Å². The zero-order valence-corrected chi connectivity index (χ0v) is 13.6. The highest BCUT2D eigenvalue weighted by atomic mass is 16.5. The van der Waals surface area contributed by atoms with E-state index < -0.39 is 6.10 Å². The number of methoxy groups -OCH3 is 1. The summed E-state index contributed by atoms with van der Waals surface area (Å²) < 4.78 is 5.30. The van der Waals surface area contributed by atoms with Crippen LogP contribution in [0.2, 0.25) is 0 Å². The number of hydrogen-bond donors (Lipinski definition) is 2. The lowest BCUT2D eigenvalue weighted by molar-refractivity contribution is 0.0866. The van der Waals surface area contributed by atoms with E-state index in [1.165, 1.54) is 6.42 Å². The summed E-state index contributed by atoms with van der Waals surface area (Å²) in [5.41, 5.74) is 7.58. The minimum absolute atomic E-state index is 0.538. The molecule has 1 saturated heterocycles. The first-order chi connectivity index (χ1) is 11.2. The zero-order chi connectivity index (χ0) is 16.2. The number of pyridine rings is 1. The Kier molecular flexibility index (Phi) is 5.10. The summed E-state index contributed by atoms with van der Waals surface area (Å²) in [6.07, 6.45) is 3.56. The van der Waals surface area contributed by atoms with Crippen LogP contribution < -0.4 is 10.5 Å². The van der Waals surface area contributed by atoms with E-state index in [0.29, 0.717) is 12.5 Å². The average Bonchev–Trinajstić information content (AvgIpc) is 2.60. The maximum Gasteiger partial charge on any atom is 0.119 e. The third kappa shape index (κ3) is 3.63. The van der Waals surface area contributed by atoms with Crippen LogP contribution in [0.1, 0.15) is 24.5 Å². The van der Waals surface area contributed by atoms with Crippen molar-refractivity contribution in [2.75, 3.05) is 33.3 Å². The Hall–Kier alpha value is -1.69. The molecule has 124 valence electrons. The minimum atomic E-state index is -0.538. The fourth-order valence-corrected chi connectivity index (χ4v) is 3.42. The maximum absolute atomic E-state index is 10.8. The van der Waals surface area contributed by atoms with Crippen molar-refractivity contribution in [3.05, 3.63) is 36.0 Å². The first-order valence-corrected chi connectivity index (χ1v) is 8.24. The molecule has 2 aromatic rings. The van der Waals surface area contributed by atoms with Crippen molar-refractivity contribution in [1.29, 1.82) is 0 Å². The standard InChI is InChI=1S/C18H25N3O2/c1-23-14-4-5-17-16(9-14)15(6-7-20-17)18(22)12-21-8-2-3-13(10-19)11-21/h4-7,9,13,18,22H,2-3,8,10-12,19H2,1H3/t13-,18?/m0/s1. The molecular weight excluding hydrogens is 290 g/mol. The van der Waals surface area contributed by atoms with Gasteiger partial charge in [-0.05, 0) is 61.7 Å². The highest BCUT2D eigenvalue weighted by molar-refractivity contribution is 5.83. The Labute approximate surface area is 137 Å². The molecule has 1 aliphatic heterocycles. The molecule has 0 saturated carbocycles. The average molecular weight is 315 g/mol. The summed E-state index contributed by atoms with van der Waals surface area (Å²) in [7, 11) is 1.65. The third-order valence-corrected chi connectivity index (χ3v) is 4.71. The molecule has 1 aromatic heterocycles. The summed E-state index contributed by atoms with van der Waals surface area (Å²) in [5, 5.41) is 11.7. The number of fused-ring (bicyclic) bond motifs is 1. The van der Waals surface area contributed by atoms with Crippen molar-refractivity contribution in [2.45, 2.75) is 18.9 Å². The number of benzene rings is 1. The lowest BCUT2D eigenvalue weighted by atomic mass is 9.97. The molecule has 2 heterocycles. The first-order valence-electron chi connectivity index (χ1n) is 8.24. The highest BCUT2D eigenvalue weighted by Gasteiger charge is 2.22. The Balaban J connectivity index is 1.81. The number of rotatable bonds is 5. The maximum atomic E-state index is 10.8. The molecule has 5 nitrogen and oxygen atoms in total. The molecule has 0 spiro atoms. The molecule has 2 atom stereocenters. The van der Waals surface area contributed by atoms with E-state index in [-0.39, 0.29) is 0 Å². The number of likely N-dealkylation sites (tertiary alicyclic amines) is 1. The first kappa shape index (κ1) is 16.2. The Morgan fingerprint density at radius 3 is 3.09 bits per heavy atom. The Morgan fingerprint density at radius 1 is 1.43 bits per heavy atom. The second-order valence-electron chi connectivity index (χ2n) is 6.30. The van der Waals surface area contributed by atoms with Crippen LogP contribution in [0.4, 0.5) is 0 Å². The number of aromatic nitrogens is 1. The number of nitrogens with zero attached hydrogens (tertiary/aromatic N) is 2. The summed E-state index contributed by atoms with van der Waals surface area (Å²) >= 11 is 0. The smallest absolute Gasteiger partial charge is 0.119 e. The van der Waals surface area contributed by atoms with Gasteiger partial charge in [0.05, 0.1) is 18.7 Å². The van der Waals surface area contributed by atoms with Crippen molar-refractivity contribution in [2.24, 2.45) is 11.7 Å². The Morgan fingerprint density at radius 2 is 2.30 bits per heavy atom. The van der Waals surface area contributed by atoms with Gasteiger partial charge < -0.3 is 20.5 Å². The number of ether oxygens (including phenoxy) is 1. The Bertz CT molecular complexity index is 662. The number of aliphatic hydroxyl groups is 1. The van der Waals surface area contributed by atoms with Gasteiger partial charge in [0, 0.05) is 24.7 Å². The van der Waals surface area contributed by atoms with Crippen molar-refractivity contribution in [1.82, 2.24) is 9.88 Å². The highest BCUT2D eigenvalue weighted by Crippen LogP contribution is 2.28. The molecule has 0 radical (unpaired) electrons. The summed E-state index contributed by atoms with van der Waals surface area (Å²) in [6, 6.07) is 7.66. The van der Waals surface area contributed by atoms with Gasteiger partial charge in [0.25, 0.3) is 0 Å². The van der Waals surface area contributed by atoms with Crippen LogP contribution >= 0.6 is 0 Å². The molecule has 0 bridgehead atoms. The summed E-state index contributed by atoms with van der Waals surface area (Å²) in [6.45, 7) is 3.36. The van der Waals surface area contributed by atoms with E-state index in [4.69, 9.17) is 10.5 Å². The van der Waals surface area contributed by atoms with Crippen molar-refractivity contribution >= 4 is 10.9 Å². The van der Waals surface area contributed by atoms with Crippen LogP contribution in [-0.4, -0.2) is 48.3 Å². The van der Waals surface area contributed by atoms with Gasteiger partial charge in [-0.3, -0.25) is 4.98 Å². The lowest BCUT2D eigenvalue weighted by Gasteiger charge is -2.33. The van der Waals surface area contributed by atoms with E-state index in [9.17, 15) is 5.11 Å². The van der Waals surface area contributed by atoms with Crippen LogP contribution in [0.3, 0.4) is 0 Å². The molecular formula is C18H25N3O2. The zero-order valence-electron chi connectivity index (χ0n) is 13.6. The molecule has 5 heteroatoms. The normalized spacial score (nSPS) is 20.6. The fourth-order valence-electron chi connectivity index (χ4n) is 3.42. The molecule has 23 heavy (non-hydrogen) atoms. The van der Waals surface area contributed by atoms with Gasteiger partial charge >= 0.3 is 0 Å². The topological polar surface area (TPSA) is 71.6 Å². The van der Waals surface area contributed by atoms with Crippen LogP contribution in [0.15, 0.2) is 30.5 Å². The van der Waals surface area contributed by atoms with E-state index in [1.54, 1.807) is 13.3 Å². The fraction of sp³-hybridized carbons (Fsp3) is 0.500. The van der Waals surface area contributed by atoms with E-state index in [1.807, 2.05) is 24.3 Å². The number of nitrogens with two attached hydrogens (primary N) is 1. The van der Waals surface area contributed by atoms with Crippen LogP contribution in [0.5, 0.6) is 5.75 Å². The van der Waals surface area contributed by atoms with Gasteiger partial charge in [0.2, 0.25) is 0 Å². The molecule has 0 aliphatic carbocycles. The van der Waals surface area contributed by atoms with Crippen LogP contribution in [0, 0.1) is 5.92 Å². The van der Waals surface area contributed by atoms with Crippen LogP contribution in [-0.2, 0) is 0 Å². The van der Waals surface area contributed by atoms with E-state index in [2.05, 4.69) is 9.88 Å². The van der Waals surface area contributed by atoms with Gasteiger partial charge in [-0.25, -0.2) is 0 Å². The molecule has 1 unspecified atom stereocenters. The number of piperidine rings is 1. The molecule has 0 amide bonds. The van der Waals surface area contributed by atoms with Gasteiger partial charge in [-0.2, -0.15) is 0 Å². The van der Waals surface area contributed by atoms with E-state index >= 15 is 0 Å². The van der Waals surface area contributed by atoms with E-state index in [0.717, 1.165) is 48.3 Å². The van der Waals surface area contributed by atoms with Gasteiger partial charge in [0.1, 0.15) is 5.75 Å². The lowest BCUT2D eigenvalue weighted by Crippen LogP contribution is -2.40.